The van der Waals surface area contributed by atoms with E-state index in [9.17, 15) is 14.9 Å². The van der Waals surface area contributed by atoms with Crippen LogP contribution < -0.4 is 0 Å². The fraction of sp³-hybridized carbons (Fsp3) is 0.743. The molecule has 5 aliphatic rings. The van der Waals surface area contributed by atoms with Crippen LogP contribution in [0.25, 0.3) is 0 Å². The topological polar surface area (TPSA) is 106 Å². The number of rotatable bonds is 4. The standard InChI is InChI=1S/C35H47N3O4/c1-30(2)12-14-35(29-37-26(38-42-29)10-16-41-8)15-13-34(7)27(22(35)19-30)23(39)17-25-32(5)18-21(20-36)28(40)31(3,4)24(32)9-11-33(25,34)6/h17-18,22,24,27H,9-16,19H2,1-8H3/t22-,24-,27-,32-,33+,34+,35-/m0/s1. The van der Waals surface area contributed by atoms with Gasteiger partial charge in [-0.2, -0.15) is 10.2 Å². The van der Waals surface area contributed by atoms with Gasteiger partial charge in [-0.25, -0.2) is 0 Å². The number of carbonyl (C=O) groups is 2. The molecule has 0 bridgehead atoms. The second-order valence-electron chi connectivity index (χ2n) is 16.2. The molecule has 0 spiro atoms. The van der Waals surface area contributed by atoms with E-state index in [0.717, 1.165) is 50.5 Å². The van der Waals surface area contributed by atoms with Crippen LogP contribution in [0.3, 0.4) is 0 Å². The molecular weight excluding hydrogens is 526 g/mol. The van der Waals surface area contributed by atoms with Crippen LogP contribution in [0.2, 0.25) is 0 Å². The molecule has 3 saturated carbocycles. The summed E-state index contributed by atoms with van der Waals surface area (Å²) in [6.07, 6.45) is 11.0. The molecule has 42 heavy (non-hydrogen) atoms. The predicted molar refractivity (Wildman–Crippen MR) is 158 cm³/mol. The highest BCUT2D eigenvalue weighted by Gasteiger charge is 2.70. The fourth-order valence-electron chi connectivity index (χ4n) is 10.8. The molecule has 7 atom stereocenters. The third-order valence-corrected chi connectivity index (χ3v) is 13.3. The molecule has 5 aliphatic carbocycles. The van der Waals surface area contributed by atoms with Crippen molar-refractivity contribution in [3.8, 4) is 6.07 Å². The monoisotopic (exact) mass is 573 g/mol. The highest BCUT2D eigenvalue weighted by atomic mass is 16.5. The molecular formula is C35H47N3O4. The van der Waals surface area contributed by atoms with Crippen LogP contribution >= 0.6 is 0 Å². The molecule has 1 heterocycles. The van der Waals surface area contributed by atoms with Gasteiger partial charge in [0.05, 0.1) is 17.6 Å². The number of hydrogen-bond donors (Lipinski definition) is 0. The smallest absolute Gasteiger partial charge is 0.233 e. The average Bonchev–Trinajstić information content (AvgIpc) is 3.40. The zero-order valence-electron chi connectivity index (χ0n) is 26.7. The van der Waals surface area contributed by atoms with Crippen LogP contribution in [-0.2, 0) is 26.2 Å². The summed E-state index contributed by atoms with van der Waals surface area (Å²) in [6, 6.07) is 2.20. The lowest BCUT2D eigenvalue weighted by molar-refractivity contribution is -0.161. The fourth-order valence-corrected chi connectivity index (χ4v) is 10.8. The number of hydrogen-bond acceptors (Lipinski definition) is 7. The van der Waals surface area contributed by atoms with Gasteiger partial charge in [-0.3, -0.25) is 9.59 Å². The predicted octanol–water partition coefficient (Wildman–Crippen LogP) is 6.73. The Bertz CT molecular complexity index is 1440. The zero-order valence-corrected chi connectivity index (χ0v) is 26.7. The largest absolute Gasteiger partial charge is 0.384 e. The minimum Gasteiger partial charge on any atom is -0.384 e. The normalized spacial score (nSPS) is 41.8. The molecule has 0 amide bonds. The molecule has 1 aromatic rings. The lowest BCUT2D eigenvalue weighted by atomic mass is 9.34. The van der Waals surface area contributed by atoms with Gasteiger partial charge in [0.2, 0.25) is 5.89 Å². The number of Topliss-reactive ketones (excluding diaryl/α,β-unsaturated/α-hetero) is 1. The summed E-state index contributed by atoms with van der Waals surface area (Å²) < 4.78 is 11.3. The molecule has 0 aromatic carbocycles. The van der Waals surface area contributed by atoms with E-state index in [1.165, 1.54) is 0 Å². The number of ether oxygens (including phenoxy) is 1. The van der Waals surface area contributed by atoms with Gasteiger partial charge in [0, 0.05) is 30.3 Å². The summed E-state index contributed by atoms with van der Waals surface area (Å²) in [5, 5.41) is 14.3. The third kappa shape index (κ3) is 3.72. The van der Waals surface area contributed by atoms with Crippen molar-refractivity contribution in [1.82, 2.24) is 10.1 Å². The van der Waals surface area contributed by atoms with Crippen LogP contribution in [0, 0.1) is 56.2 Å². The van der Waals surface area contributed by atoms with Crippen molar-refractivity contribution in [3.05, 3.63) is 35.0 Å². The number of carbonyl (C=O) groups excluding carboxylic acids is 2. The SMILES string of the molecule is COCCc1noc([C@]23CCC(C)(C)C[C@H]2[C@H]2C(=O)C=C4[C@@]5(C)C=C(C#N)C(=O)C(C)(C)[C@@H]5CC[C@@]4(C)[C@]2(C)CC3)n1. The maximum absolute atomic E-state index is 14.7. The summed E-state index contributed by atoms with van der Waals surface area (Å²) in [5.41, 5.74) is -0.535. The summed E-state index contributed by atoms with van der Waals surface area (Å²) in [4.78, 5) is 32.9. The van der Waals surface area contributed by atoms with E-state index in [1.807, 2.05) is 26.0 Å². The lowest BCUT2D eigenvalue weighted by Gasteiger charge is -2.68. The van der Waals surface area contributed by atoms with Crippen molar-refractivity contribution in [2.75, 3.05) is 13.7 Å². The van der Waals surface area contributed by atoms with E-state index in [-0.39, 0.29) is 56.6 Å². The molecule has 0 unspecified atom stereocenters. The van der Waals surface area contributed by atoms with Gasteiger partial charge in [-0.05, 0) is 79.1 Å². The minimum absolute atomic E-state index is 0.0436. The van der Waals surface area contributed by atoms with Crippen LogP contribution in [0.1, 0.15) is 105 Å². The first-order valence-electron chi connectivity index (χ1n) is 15.9. The number of methoxy groups -OCH3 is 1. The Kier molecular flexibility index (Phi) is 6.46. The van der Waals surface area contributed by atoms with Gasteiger partial charge < -0.3 is 9.26 Å². The van der Waals surface area contributed by atoms with Crippen molar-refractivity contribution in [2.45, 2.75) is 105 Å². The average molecular weight is 574 g/mol. The molecule has 1 aromatic heterocycles. The summed E-state index contributed by atoms with van der Waals surface area (Å²) >= 11 is 0. The molecule has 0 aliphatic heterocycles. The number of nitriles is 1. The second kappa shape index (κ2) is 9.21. The highest BCUT2D eigenvalue weighted by molar-refractivity contribution is 6.04. The molecule has 7 heteroatoms. The first-order chi connectivity index (χ1) is 19.6. The summed E-state index contributed by atoms with van der Waals surface area (Å²) in [7, 11) is 1.68. The Hall–Kier alpha value is -2.59. The van der Waals surface area contributed by atoms with E-state index in [2.05, 4.69) is 45.8 Å². The van der Waals surface area contributed by atoms with Crippen molar-refractivity contribution in [2.24, 2.45) is 44.8 Å². The highest BCUT2D eigenvalue weighted by Crippen LogP contribution is 2.74. The number of allylic oxidation sites excluding steroid dienone is 4. The summed E-state index contributed by atoms with van der Waals surface area (Å²) in [6.45, 7) is 16.1. The Morgan fingerprint density at radius 2 is 1.76 bits per heavy atom. The van der Waals surface area contributed by atoms with Gasteiger partial charge in [-0.15, -0.1) is 0 Å². The number of ketones is 2. The van der Waals surface area contributed by atoms with E-state index in [4.69, 9.17) is 14.2 Å². The van der Waals surface area contributed by atoms with Gasteiger partial charge in [-0.1, -0.05) is 65.3 Å². The van der Waals surface area contributed by atoms with Crippen LogP contribution in [0.15, 0.2) is 27.8 Å². The van der Waals surface area contributed by atoms with E-state index >= 15 is 0 Å². The molecule has 6 rings (SSSR count). The number of fused-ring (bicyclic) bond motifs is 7. The Morgan fingerprint density at radius 1 is 1.05 bits per heavy atom. The molecule has 0 N–H and O–H groups in total. The Labute approximate surface area is 250 Å². The Morgan fingerprint density at radius 3 is 2.45 bits per heavy atom. The quantitative estimate of drug-likeness (QED) is 0.393. The van der Waals surface area contributed by atoms with E-state index in [0.29, 0.717) is 24.7 Å². The molecule has 0 saturated heterocycles. The van der Waals surface area contributed by atoms with E-state index < -0.39 is 10.8 Å². The molecule has 7 nitrogen and oxygen atoms in total. The van der Waals surface area contributed by atoms with Gasteiger partial charge in [0.25, 0.3) is 0 Å². The van der Waals surface area contributed by atoms with E-state index in [1.54, 1.807) is 7.11 Å². The molecule has 0 radical (unpaired) electrons. The van der Waals surface area contributed by atoms with Gasteiger partial charge >= 0.3 is 0 Å². The number of aromatic nitrogens is 2. The third-order valence-electron chi connectivity index (χ3n) is 13.3. The van der Waals surface area contributed by atoms with Crippen LogP contribution in [0.5, 0.6) is 0 Å². The van der Waals surface area contributed by atoms with Crippen molar-refractivity contribution in [1.29, 1.82) is 5.26 Å². The van der Waals surface area contributed by atoms with Gasteiger partial charge in [0.15, 0.2) is 17.4 Å². The first kappa shape index (κ1) is 29.5. The lowest BCUT2D eigenvalue weighted by Crippen LogP contribution is -2.65. The zero-order chi connectivity index (χ0) is 30.5. The number of nitrogens with zero attached hydrogens (tertiary/aromatic N) is 3. The molecule has 3 fully saturated rings. The first-order valence-corrected chi connectivity index (χ1v) is 15.9. The van der Waals surface area contributed by atoms with Crippen molar-refractivity contribution < 1.29 is 18.8 Å². The maximum atomic E-state index is 14.7. The van der Waals surface area contributed by atoms with Crippen LogP contribution in [-0.4, -0.2) is 35.4 Å². The van der Waals surface area contributed by atoms with Gasteiger partial charge in [0.1, 0.15) is 6.07 Å². The second-order valence-corrected chi connectivity index (χ2v) is 16.2. The van der Waals surface area contributed by atoms with Crippen molar-refractivity contribution in [3.63, 3.8) is 0 Å². The minimum atomic E-state index is -0.662. The molecule has 226 valence electrons. The Balaban J connectivity index is 1.49. The van der Waals surface area contributed by atoms with Crippen molar-refractivity contribution >= 4 is 11.6 Å². The van der Waals surface area contributed by atoms with Crippen LogP contribution in [0.4, 0.5) is 0 Å². The summed E-state index contributed by atoms with van der Waals surface area (Å²) in [5.74, 6) is 1.47. The maximum Gasteiger partial charge on any atom is 0.233 e.